The third-order valence-electron chi connectivity index (χ3n) is 2.16. The van der Waals surface area contributed by atoms with Gasteiger partial charge in [-0.2, -0.15) is 12.6 Å². The number of thiol groups is 1. The highest BCUT2D eigenvalue weighted by atomic mass is 32.1. The summed E-state index contributed by atoms with van der Waals surface area (Å²) in [4.78, 5) is 2.84. The van der Waals surface area contributed by atoms with Crippen LogP contribution in [-0.2, 0) is 0 Å². The number of halogens is 1. The number of benzene rings is 1. The van der Waals surface area contributed by atoms with Gasteiger partial charge in [-0.15, -0.1) is 0 Å². The molecule has 2 aromatic rings. The predicted octanol–water partition coefficient (Wildman–Crippen LogP) is 4.04. The monoisotopic (exact) mass is 268 g/mol. The first kappa shape index (κ1) is 15.1. The second-order valence-corrected chi connectivity index (χ2v) is 6.75. The van der Waals surface area contributed by atoms with Crippen LogP contribution < -0.4 is 5.73 Å². The number of hydrogen-bond acceptors (Lipinski definition) is 2. The van der Waals surface area contributed by atoms with Crippen molar-refractivity contribution in [3.8, 4) is 0 Å². The molecular weight excluding hydrogens is 247 g/mol. The summed E-state index contributed by atoms with van der Waals surface area (Å²) in [6.07, 6.45) is 1.72. The summed E-state index contributed by atoms with van der Waals surface area (Å²) >= 11 is 4.12. The number of aromatic amines is 1. The maximum absolute atomic E-state index is 13.4. The molecule has 0 aliphatic carbocycles. The van der Waals surface area contributed by atoms with E-state index in [0.29, 0.717) is 5.52 Å². The van der Waals surface area contributed by atoms with Crippen LogP contribution in [0, 0.1) is 5.82 Å². The Kier molecular flexibility index (Phi) is 4.82. The first-order chi connectivity index (χ1) is 8.18. The maximum Gasteiger partial charge on any atom is 0.147 e. The third kappa shape index (κ3) is 4.70. The molecule has 0 bridgehead atoms. The Labute approximate surface area is 113 Å². The van der Waals surface area contributed by atoms with Crippen molar-refractivity contribution in [2.75, 3.05) is 0 Å². The Bertz CT molecular complexity index is 506. The normalized spacial score (nSPS) is 13.1. The Morgan fingerprint density at radius 3 is 2.39 bits per heavy atom. The predicted molar refractivity (Wildman–Crippen MR) is 79.6 cm³/mol. The highest BCUT2D eigenvalue weighted by molar-refractivity contribution is 7.81. The molecule has 3 N–H and O–H groups in total. The zero-order chi connectivity index (χ0) is 13.9. The lowest BCUT2D eigenvalue weighted by molar-refractivity contribution is 0.632. The Hall–Kier alpha value is -1.00. The third-order valence-corrected chi connectivity index (χ3v) is 2.16. The van der Waals surface area contributed by atoms with Gasteiger partial charge in [0, 0.05) is 22.4 Å². The quantitative estimate of drug-likeness (QED) is 0.671. The van der Waals surface area contributed by atoms with E-state index in [1.165, 1.54) is 6.07 Å². The number of hydrogen-bond donors (Lipinski definition) is 3. The van der Waals surface area contributed by atoms with E-state index in [1.54, 1.807) is 6.20 Å². The molecule has 0 saturated heterocycles. The van der Waals surface area contributed by atoms with E-state index in [0.717, 1.165) is 10.9 Å². The molecule has 2 nitrogen and oxygen atoms in total. The lowest BCUT2D eigenvalue weighted by atomic mass is 10.1. The van der Waals surface area contributed by atoms with Gasteiger partial charge in [-0.05, 0) is 30.7 Å². The molecule has 1 unspecified atom stereocenters. The molecule has 1 aromatic carbocycles. The molecule has 1 atom stereocenters. The fourth-order valence-corrected chi connectivity index (χ4v) is 1.41. The lowest BCUT2D eigenvalue weighted by Crippen LogP contribution is -2.05. The average Bonchev–Trinajstić information content (AvgIpc) is 2.62. The molecule has 0 saturated carbocycles. The smallest absolute Gasteiger partial charge is 0.147 e. The number of nitrogens with one attached hydrogen (secondary N) is 1. The largest absolute Gasteiger partial charge is 0.359 e. The number of H-pyrrole nitrogens is 1. The molecule has 0 radical (unpaired) electrons. The molecule has 2 rings (SSSR count). The fourth-order valence-electron chi connectivity index (χ4n) is 1.41. The van der Waals surface area contributed by atoms with Gasteiger partial charge in [-0.3, -0.25) is 0 Å². The summed E-state index contributed by atoms with van der Waals surface area (Å²) in [6.45, 7) is 8.00. The van der Waals surface area contributed by atoms with Gasteiger partial charge in [-0.1, -0.05) is 20.8 Å². The standard InChI is InChI=1S/C10H11FN2.C4H10S/c1-6(12)8-4-7-2-3-13-10(7)9(11)5-8;1-4(2,3)5/h2-6,13H,12H2,1H3;5H,1-3H3. The topological polar surface area (TPSA) is 41.8 Å². The zero-order valence-corrected chi connectivity index (χ0v) is 12.2. The first-order valence-electron chi connectivity index (χ1n) is 5.93. The number of rotatable bonds is 1. The Morgan fingerprint density at radius 2 is 1.89 bits per heavy atom. The molecule has 0 aliphatic rings. The van der Waals surface area contributed by atoms with Gasteiger partial charge in [0.25, 0.3) is 0 Å². The van der Waals surface area contributed by atoms with Crippen LogP contribution in [-0.4, -0.2) is 9.73 Å². The van der Waals surface area contributed by atoms with Crippen LogP contribution in [0.15, 0.2) is 24.4 Å². The van der Waals surface area contributed by atoms with Crippen molar-refractivity contribution in [3.63, 3.8) is 0 Å². The zero-order valence-electron chi connectivity index (χ0n) is 11.3. The highest BCUT2D eigenvalue weighted by Gasteiger charge is 2.06. The molecular formula is C14H21FN2S. The van der Waals surface area contributed by atoms with Crippen LogP contribution >= 0.6 is 12.6 Å². The van der Waals surface area contributed by atoms with Crippen LogP contribution in [0.5, 0.6) is 0 Å². The number of fused-ring (bicyclic) bond motifs is 1. The van der Waals surface area contributed by atoms with Gasteiger partial charge in [-0.25, -0.2) is 4.39 Å². The van der Waals surface area contributed by atoms with Gasteiger partial charge >= 0.3 is 0 Å². The van der Waals surface area contributed by atoms with Gasteiger partial charge in [0.15, 0.2) is 0 Å². The van der Waals surface area contributed by atoms with Gasteiger partial charge in [0.1, 0.15) is 5.82 Å². The first-order valence-corrected chi connectivity index (χ1v) is 6.37. The summed E-state index contributed by atoms with van der Waals surface area (Å²) in [5, 5.41) is 0.868. The molecule has 0 fully saturated rings. The summed E-state index contributed by atoms with van der Waals surface area (Å²) in [6, 6.07) is 5.08. The van der Waals surface area contributed by atoms with E-state index >= 15 is 0 Å². The maximum atomic E-state index is 13.4. The van der Waals surface area contributed by atoms with Crippen LogP contribution in [0.3, 0.4) is 0 Å². The van der Waals surface area contributed by atoms with Gasteiger partial charge < -0.3 is 10.7 Å². The molecule has 0 amide bonds. The van der Waals surface area contributed by atoms with E-state index in [4.69, 9.17) is 5.73 Å². The summed E-state index contributed by atoms with van der Waals surface area (Å²) in [5.74, 6) is -0.241. The van der Waals surface area contributed by atoms with Crippen molar-refractivity contribution in [2.24, 2.45) is 5.73 Å². The van der Waals surface area contributed by atoms with Crippen LogP contribution in [0.2, 0.25) is 0 Å². The van der Waals surface area contributed by atoms with E-state index in [-0.39, 0.29) is 16.6 Å². The van der Waals surface area contributed by atoms with Crippen molar-refractivity contribution in [2.45, 2.75) is 38.5 Å². The van der Waals surface area contributed by atoms with Gasteiger partial charge in [0.2, 0.25) is 0 Å². The van der Waals surface area contributed by atoms with Crippen LogP contribution in [0.4, 0.5) is 4.39 Å². The number of aromatic nitrogens is 1. The van der Waals surface area contributed by atoms with Crippen LogP contribution in [0.25, 0.3) is 10.9 Å². The van der Waals surface area contributed by atoms with Crippen molar-refractivity contribution >= 4 is 23.5 Å². The van der Waals surface area contributed by atoms with Crippen molar-refractivity contribution in [1.82, 2.24) is 4.98 Å². The molecule has 1 aromatic heterocycles. The second-order valence-electron chi connectivity index (χ2n) is 5.40. The van der Waals surface area contributed by atoms with E-state index in [1.807, 2.05) is 19.1 Å². The molecule has 0 aliphatic heterocycles. The van der Waals surface area contributed by atoms with Gasteiger partial charge in [0.05, 0.1) is 5.52 Å². The lowest BCUT2D eigenvalue weighted by Gasteiger charge is -2.05. The van der Waals surface area contributed by atoms with E-state index < -0.39 is 0 Å². The summed E-state index contributed by atoms with van der Waals surface area (Å²) in [7, 11) is 0. The molecule has 0 spiro atoms. The minimum Gasteiger partial charge on any atom is -0.359 e. The Morgan fingerprint density at radius 1 is 1.33 bits per heavy atom. The van der Waals surface area contributed by atoms with Crippen molar-refractivity contribution in [1.29, 1.82) is 0 Å². The van der Waals surface area contributed by atoms with Crippen molar-refractivity contribution in [3.05, 3.63) is 35.8 Å². The Balaban J connectivity index is 0.000000280. The molecule has 4 heteroatoms. The molecule has 1 heterocycles. The second kappa shape index (κ2) is 5.76. The summed E-state index contributed by atoms with van der Waals surface area (Å²) in [5.41, 5.74) is 7.03. The molecule has 100 valence electrons. The van der Waals surface area contributed by atoms with E-state index in [9.17, 15) is 4.39 Å². The summed E-state index contributed by atoms with van der Waals surface area (Å²) < 4.78 is 13.5. The minimum atomic E-state index is -0.241. The number of nitrogens with two attached hydrogens (primary N) is 1. The van der Waals surface area contributed by atoms with Crippen molar-refractivity contribution < 1.29 is 4.39 Å². The van der Waals surface area contributed by atoms with Crippen LogP contribution in [0.1, 0.15) is 39.3 Å². The minimum absolute atomic E-state index is 0.131. The van der Waals surface area contributed by atoms with E-state index in [2.05, 4.69) is 38.4 Å². The average molecular weight is 268 g/mol. The highest BCUT2D eigenvalue weighted by Crippen LogP contribution is 2.21. The SMILES string of the molecule is CC(C)(C)S.CC(N)c1cc(F)c2[nH]ccc2c1. The fraction of sp³-hybridized carbons (Fsp3) is 0.429. The molecule has 18 heavy (non-hydrogen) atoms.